The Bertz CT molecular complexity index is 797. The molecule has 0 saturated carbocycles. The summed E-state index contributed by atoms with van der Waals surface area (Å²) in [5.41, 5.74) is 1.51. The van der Waals surface area contributed by atoms with Crippen LogP contribution in [0.25, 0.3) is 0 Å². The molecule has 2 heterocycles. The first-order chi connectivity index (χ1) is 11.9. The summed E-state index contributed by atoms with van der Waals surface area (Å²) in [6.07, 6.45) is 4.40. The Labute approximate surface area is 147 Å². The Balaban J connectivity index is 2.03. The second kappa shape index (κ2) is 8.46. The molecule has 0 aliphatic heterocycles. The maximum atomic E-state index is 12.1. The minimum atomic E-state index is -0.352. The molecule has 2 aromatic heterocycles. The zero-order chi connectivity index (χ0) is 18.4. The number of pyridine rings is 2. The van der Waals surface area contributed by atoms with Crippen LogP contribution in [0.4, 0.5) is 5.82 Å². The summed E-state index contributed by atoms with van der Waals surface area (Å²) < 4.78 is 7.49. The van der Waals surface area contributed by atoms with E-state index in [0.717, 1.165) is 24.2 Å². The number of carbonyl (C=O) groups is 1. The SMILES string of the molecule is Cc1ccnc(NC(=O)COc2c(C)n(CCC(C)C)ccc2=O)c1. The van der Waals surface area contributed by atoms with Crippen molar-refractivity contribution in [3.05, 3.63) is 52.1 Å². The molecule has 0 fully saturated rings. The lowest BCUT2D eigenvalue weighted by Gasteiger charge is -2.15. The van der Waals surface area contributed by atoms with E-state index in [0.29, 0.717) is 11.7 Å². The van der Waals surface area contributed by atoms with Crippen LogP contribution < -0.4 is 15.5 Å². The Morgan fingerprint density at radius 1 is 1.32 bits per heavy atom. The van der Waals surface area contributed by atoms with Gasteiger partial charge in [0.05, 0.1) is 5.69 Å². The Morgan fingerprint density at radius 3 is 2.76 bits per heavy atom. The zero-order valence-corrected chi connectivity index (χ0v) is 15.2. The molecule has 1 N–H and O–H groups in total. The van der Waals surface area contributed by atoms with Crippen LogP contribution in [0.3, 0.4) is 0 Å². The molecule has 0 unspecified atom stereocenters. The molecule has 0 bridgehead atoms. The van der Waals surface area contributed by atoms with E-state index in [9.17, 15) is 9.59 Å². The van der Waals surface area contributed by atoms with Gasteiger partial charge in [-0.2, -0.15) is 0 Å². The lowest BCUT2D eigenvalue weighted by Crippen LogP contribution is -2.24. The van der Waals surface area contributed by atoms with E-state index in [1.807, 2.05) is 24.5 Å². The second-order valence-corrected chi connectivity index (χ2v) is 6.53. The van der Waals surface area contributed by atoms with Gasteiger partial charge in [-0.05, 0) is 43.9 Å². The van der Waals surface area contributed by atoms with Gasteiger partial charge in [0.25, 0.3) is 5.91 Å². The highest BCUT2D eigenvalue weighted by Crippen LogP contribution is 2.14. The molecule has 1 amide bonds. The molecular weight excluding hydrogens is 318 g/mol. The third-order valence-electron chi connectivity index (χ3n) is 3.87. The summed E-state index contributed by atoms with van der Waals surface area (Å²) in [7, 11) is 0. The van der Waals surface area contributed by atoms with E-state index in [1.54, 1.807) is 18.5 Å². The average molecular weight is 343 g/mol. The van der Waals surface area contributed by atoms with E-state index >= 15 is 0 Å². The summed E-state index contributed by atoms with van der Waals surface area (Å²) in [6.45, 7) is 8.62. The van der Waals surface area contributed by atoms with Gasteiger partial charge in [0, 0.05) is 25.0 Å². The van der Waals surface area contributed by atoms with Crippen molar-refractivity contribution in [1.82, 2.24) is 9.55 Å². The number of nitrogens with one attached hydrogen (secondary N) is 1. The van der Waals surface area contributed by atoms with Gasteiger partial charge >= 0.3 is 0 Å². The third kappa shape index (κ3) is 5.45. The molecule has 0 atom stereocenters. The van der Waals surface area contributed by atoms with Crippen LogP contribution in [-0.4, -0.2) is 22.1 Å². The van der Waals surface area contributed by atoms with Crippen molar-refractivity contribution in [2.24, 2.45) is 5.92 Å². The summed E-state index contributed by atoms with van der Waals surface area (Å²) in [6, 6.07) is 5.09. The maximum absolute atomic E-state index is 12.1. The number of hydrogen-bond donors (Lipinski definition) is 1. The number of aryl methyl sites for hydroxylation is 2. The summed E-state index contributed by atoms with van der Waals surface area (Å²) in [5, 5.41) is 2.66. The first kappa shape index (κ1) is 18.7. The van der Waals surface area contributed by atoms with Gasteiger partial charge in [0.1, 0.15) is 5.82 Å². The molecular formula is C19H25N3O3. The first-order valence-electron chi connectivity index (χ1n) is 8.42. The summed E-state index contributed by atoms with van der Waals surface area (Å²) in [5.74, 6) is 0.900. The molecule has 0 aromatic carbocycles. The van der Waals surface area contributed by atoms with Gasteiger partial charge < -0.3 is 14.6 Å². The molecule has 25 heavy (non-hydrogen) atoms. The molecule has 6 heteroatoms. The van der Waals surface area contributed by atoms with Gasteiger partial charge in [0.15, 0.2) is 12.4 Å². The number of aromatic nitrogens is 2. The zero-order valence-electron chi connectivity index (χ0n) is 15.2. The average Bonchev–Trinajstić information content (AvgIpc) is 2.53. The van der Waals surface area contributed by atoms with Gasteiger partial charge in [-0.15, -0.1) is 0 Å². The van der Waals surface area contributed by atoms with Crippen molar-refractivity contribution in [2.45, 2.75) is 40.7 Å². The standard InChI is InChI=1S/C19H25N3O3/c1-13(2)6-9-22-10-7-16(23)19(15(22)4)25-12-18(24)21-17-11-14(3)5-8-20-17/h5,7-8,10-11,13H,6,9,12H2,1-4H3,(H,20,21,24). The summed E-state index contributed by atoms with van der Waals surface area (Å²) in [4.78, 5) is 28.2. The Hall–Kier alpha value is -2.63. The molecule has 0 spiro atoms. The lowest BCUT2D eigenvalue weighted by atomic mass is 10.1. The normalized spacial score (nSPS) is 10.8. The molecule has 6 nitrogen and oxygen atoms in total. The van der Waals surface area contributed by atoms with Crippen LogP contribution in [0.2, 0.25) is 0 Å². The number of hydrogen-bond acceptors (Lipinski definition) is 4. The van der Waals surface area contributed by atoms with Gasteiger partial charge in [0.2, 0.25) is 5.43 Å². The van der Waals surface area contributed by atoms with Crippen molar-refractivity contribution < 1.29 is 9.53 Å². The van der Waals surface area contributed by atoms with Crippen LogP contribution in [0.15, 0.2) is 35.4 Å². The van der Waals surface area contributed by atoms with Crippen LogP contribution in [0.5, 0.6) is 5.75 Å². The van der Waals surface area contributed by atoms with Crippen molar-refractivity contribution in [1.29, 1.82) is 0 Å². The number of ether oxygens (including phenoxy) is 1. The number of nitrogens with zero attached hydrogens (tertiary/aromatic N) is 2. The fourth-order valence-electron chi connectivity index (χ4n) is 2.39. The van der Waals surface area contributed by atoms with E-state index in [-0.39, 0.29) is 23.7 Å². The van der Waals surface area contributed by atoms with Gasteiger partial charge in [-0.1, -0.05) is 13.8 Å². The topological polar surface area (TPSA) is 73.2 Å². The van der Waals surface area contributed by atoms with Gasteiger partial charge in [-0.25, -0.2) is 4.98 Å². The number of carbonyl (C=O) groups excluding carboxylic acids is 1. The molecule has 2 aromatic rings. The molecule has 0 saturated heterocycles. The Morgan fingerprint density at radius 2 is 2.08 bits per heavy atom. The molecule has 0 aliphatic carbocycles. The van der Waals surface area contributed by atoms with Crippen LogP contribution >= 0.6 is 0 Å². The van der Waals surface area contributed by atoms with Crippen molar-refractivity contribution >= 4 is 11.7 Å². The van der Waals surface area contributed by atoms with Crippen molar-refractivity contribution in [3.63, 3.8) is 0 Å². The monoisotopic (exact) mass is 343 g/mol. The van der Waals surface area contributed by atoms with Crippen molar-refractivity contribution in [3.8, 4) is 5.75 Å². The van der Waals surface area contributed by atoms with E-state index < -0.39 is 0 Å². The lowest BCUT2D eigenvalue weighted by molar-refractivity contribution is -0.118. The highest BCUT2D eigenvalue weighted by atomic mass is 16.5. The van der Waals surface area contributed by atoms with Crippen LogP contribution in [-0.2, 0) is 11.3 Å². The number of rotatable bonds is 7. The fraction of sp³-hybridized carbons (Fsp3) is 0.421. The Kier molecular flexibility index (Phi) is 6.33. The molecule has 0 aliphatic rings. The smallest absolute Gasteiger partial charge is 0.263 e. The highest BCUT2D eigenvalue weighted by molar-refractivity contribution is 5.91. The predicted molar refractivity (Wildman–Crippen MR) is 98.0 cm³/mol. The maximum Gasteiger partial charge on any atom is 0.263 e. The molecule has 2 rings (SSSR count). The number of anilines is 1. The van der Waals surface area contributed by atoms with Gasteiger partial charge in [-0.3, -0.25) is 9.59 Å². The summed E-state index contributed by atoms with van der Waals surface area (Å²) >= 11 is 0. The minimum Gasteiger partial charge on any atom is -0.478 e. The number of amides is 1. The second-order valence-electron chi connectivity index (χ2n) is 6.53. The molecule has 0 radical (unpaired) electrons. The highest BCUT2D eigenvalue weighted by Gasteiger charge is 2.12. The van der Waals surface area contributed by atoms with Crippen LogP contribution in [0, 0.1) is 19.8 Å². The third-order valence-corrected chi connectivity index (χ3v) is 3.87. The largest absolute Gasteiger partial charge is 0.478 e. The first-order valence-corrected chi connectivity index (χ1v) is 8.42. The predicted octanol–water partition coefficient (Wildman–Crippen LogP) is 2.92. The van der Waals surface area contributed by atoms with Crippen molar-refractivity contribution in [2.75, 3.05) is 11.9 Å². The minimum absolute atomic E-state index is 0.221. The molecule has 134 valence electrons. The van der Waals surface area contributed by atoms with E-state index in [1.165, 1.54) is 6.07 Å². The van der Waals surface area contributed by atoms with Crippen LogP contribution in [0.1, 0.15) is 31.5 Å². The van der Waals surface area contributed by atoms with E-state index in [2.05, 4.69) is 24.1 Å². The fourth-order valence-corrected chi connectivity index (χ4v) is 2.39. The quantitative estimate of drug-likeness (QED) is 0.839. The van der Waals surface area contributed by atoms with E-state index in [4.69, 9.17) is 4.74 Å².